The van der Waals surface area contributed by atoms with Crippen LogP contribution in [0.3, 0.4) is 0 Å². The van der Waals surface area contributed by atoms with Gasteiger partial charge in [0, 0.05) is 50.3 Å². The van der Waals surface area contributed by atoms with Crippen LogP contribution in [-0.4, -0.2) is 70.2 Å². The van der Waals surface area contributed by atoms with Crippen LogP contribution < -0.4 is 0 Å². The smallest absolute Gasteiger partial charge is 0.255 e. The van der Waals surface area contributed by atoms with E-state index >= 15 is 0 Å². The van der Waals surface area contributed by atoms with Crippen LogP contribution in [0.4, 0.5) is 0 Å². The number of morpholine rings is 1. The lowest BCUT2D eigenvalue weighted by Gasteiger charge is -2.35. The number of carbonyl (C=O) groups excluding carboxylic acids is 1. The van der Waals surface area contributed by atoms with Crippen LogP contribution in [-0.2, 0) is 4.74 Å². The van der Waals surface area contributed by atoms with E-state index in [2.05, 4.69) is 16.8 Å². The van der Waals surface area contributed by atoms with Gasteiger partial charge in [-0.2, -0.15) is 0 Å². The number of carbonyl (C=O) groups is 1. The first-order valence-electron chi connectivity index (χ1n) is 8.96. The van der Waals surface area contributed by atoms with Gasteiger partial charge in [-0.15, -0.1) is 0 Å². The van der Waals surface area contributed by atoms with Gasteiger partial charge in [0.1, 0.15) is 5.82 Å². The van der Waals surface area contributed by atoms with Crippen LogP contribution in [0.2, 0.25) is 0 Å². The summed E-state index contributed by atoms with van der Waals surface area (Å²) in [5.41, 5.74) is 0.658. The molecule has 2 atom stereocenters. The summed E-state index contributed by atoms with van der Waals surface area (Å²) >= 11 is 0. The predicted octanol–water partition coefficient (Wildman–Crippen LogP) is 1.81. The lowest BCUT2D eigenvalue weighted by Crippen LogP contribution is -2.49. The minimum absolute atomic E-state index is 0.0785. The molecule has 0 aromatic carbocycles. The lowest BCUT2D eigenvalue weighted by atomic mass is 10.1. The third kappa shape index (κ3) is 3.19. The van der Waals surface area contributed by atoms with Crippen molar-refractivity contribution < 1.29 is 9.53 Å². The van der Waals surface area contributed by atoms with E-state index in [0.29, 0.717) is 11.6 Å². The number of hydrogen-bond donors (Lipinski definition) is 0. The van der Waals surface area contributed by atoms with E-state index in [1.165, 1.54) is 0 Å². The van der Waals surface area contributed by atoms with Crippen molar-refractivity contribution >= 4 is 5.91 Å². The largest absolute Gasteiger partial charge is 0.379 e. The average molecular weight is 340 g/mol. The Morgan fingerprint density at radius 3 is 2.60 bits per heavy atom. The van der Waals surface area contributed by atoms with Crippen LogP contribution in [0, 0.1) is 0 Å². The first-order chi connectivity index (χ1) is 12.2. The minimum atomic E-state index is 0.0785. The van der Waals surface area contributed by atoms with Crippen LogP contribution in [0.25, 0.3) is 5.82 Å². The molecule has 0 aliphatic carbocycles. The van der Waals surface area contributed by atoms with E-state index in [4.69, 9.17) is 4.74 Å². The molecule has 2 fully saturated rings. The van der Waals surface area contributed by atoms with Crippen LogP contribution in [0.1, 0.15) is 23.7 Å². The molecule has 0 unspecified atom stereocenters. The highest BCUT2D eigenvalue weighted by Crippen LogP contribution is 2.25. The van der Waals surface area contributed by atoms with Gasteiger partial charge in [-0.1, -0.05) is 0 Å². The van der Waals surface area contributed by atoms with Crippen molar-refractivity contribution in [3.8, 4) is 5.82 Å². The Bertz CT molecular complexity index is 708. The van der Waals surface area contributed by atoms with Crippen molar-refractivity contribution in [2.45, 2.75) is 25.4 Å². The first kappa shape index (κ1) is 16.3. The summed E-state index contributed by atoms with van der Waals surface area (Å²) in [6.45, 7) is 6.48. The van der Waals surface area contributed by atoms with Crippen molar-refractivity contribution in [1.82, 2.24) is 19.4 Å². The summed E-state index contributed by atoms with van der Waals surface area (Å²) in [6.07, 6.45) is 6.60. The maximum absolute atomic E-state index is 12.9. The number of nitrogens with zero attached hydrogens (tertiary/aromatic N) is 4. The van der Waals surface area contributed by atoms with Crippen molar-refractivity contribution in [3.05, 3.63) is 48.4 Å². The van der Waals surface area contributed by atoms with E-state index in [0.717, 1.165) is 45.1 Å². The van der Waals surface area contributed by atoms with Gasteiger partial charge in [-0.05, 0) is 37.6 Å². The highest BCUT2D eigenvalue weighted by Gasteiger charge is 2.37. The number of ether oxygens (including phenoxy) is 1. The van der Waals surface area contributed by atoms with Crippen LogP contribution >= 0.6 is 0 Å². The topological polar surface area (TPSA) is 50.6 Å². The zero-order chi connectivity index (χ0) is 17.2. The second-order valence-corrected chi connectivity index (χ2v) is 6.74. The Morgan fingerprint density at radius 2 is 1.92 bits per heavy atom. The van der Waals surface area contributed by atoms with Crippen molar-refractivity contribution in [2.75, 3.05) is 32.8 Å². The van der Waals surface area contributed by atoms with Gasteiger partial charge >= 0.3 is 0 Å². The second kappa shape index (κ2) is 6.98. The van der Waals surface area contributed by atoms with Crippen molar-refractivity contribution in [1.29, 1.82) is 0 Å². The molecule has 0 saturated carbocycles. The Labute approximate surface area is 148 Å². The molecule has 2 aliphatic heterocycles. The van der Waals surface area contributed by atoms with Gasteiger partial charge < -0.3 is 14.2 Å². The fourth-order valence-corrected chi connectivity index (χ4v) is 3.93. The zero-order valence-electron chi connectivity index (χ0n) is 14.5. The molecule has 2 aromatic heterocycles. The summed E-state index contributed by atoms with van der Waals surface area (Å²) in [5.74, 6) is 0.900. The molecule has 0 spiro atoms. The third-order valence-corrected chi connectivity index (χ3v) is 5.35. The molecular formula is C19H24N4O2. The summed E-state index contributed by atoms with van der Waals surface area (Å²) in [6, 6.07) is 8.33. The second-order valence-electron chi connectivity index (χ2n) is 6.74. The number of likely N-dealkylation sites (tertiary alicyclic amines) is 1. The SMILES string of the molecule is C[C@@H]1[C@H](N2CCOCC2)CCN1C(=O)c1ccc(-n2cccc2)nc1. The van der Waals surface area contributed by atoms with Gasteiger partial charge in [0.15, 0.2) is 0 Å². The van der Waals surface area contributed by atoms with Gasteiger partial charge in [0.2, 0.25) is 0 Å². The maximum atomic E-state index is 12.9. The van der Waals surface area contributed by atoms with Gasteiger partial charge in [0.05, 0.1) is 18.8 Å². The monoisotopic (exact) mass is 340 g/mol. The van der Waals surface area contributed by atoms with Crippen LogP contribution in [0.5, 0.6) is 0 Å². The molecule has 1 amide bonds. The first-order valence-corrected chi connectivity index (χ1v) is 8.96. The Hall–Kier alpha value is -2.18. The Balaban J connectivity index is 1.45. The van der Waals surface area contributed by atoms with Gasteiger partial charge in [0.25, 0.3) is 5.91 Å². The van der Waals surface area contributed by atoms with E-state index in [-0.39, 0.29) is 11.9 Å². The van der Waals surface area contributed by atoms with E-state index in [9.17, 15) is 4.79 Å². The number of pyridine rings is 1. The molecule has 6 nitrogen and oxygen atoms in total. The number of aromatic nitrogens is 2. The lowest BCUT2D eigenvalue weighted by molar-refractivity contribution is 0.0104. The van der Waals surface area contributed by atoms with Gasteiger partial charge in [-0.25, -0.2) is 4.98 Å². The van der Waals surface area contributed by atoms with Gasteiger partial charge in [-0.3, -0.25) is 9.69 Å². The molecule has 0 N–H and O–H groups in total. The summed E-state index contributed by atoms with van der Waals surface area (Å²) < 4.78 is 7.38. The fraction of sp³-hybridized carbons (Fsp3) is 0.474. The van der Waals surface area contributed by atoms with Crippen molar-refractivity contribution in [2.24, 2.45) is 0 Å². The third-order valence-electron chi connectivity index (χ3n) is 5.35. The molecule has 132 valence electrons. The quantitative estimate of drug-likeness (QED) is 0.855. The molecule has 4 heterocycles. The molecule has 4 rings (SSSR count). The molecule has 0 bridgehead atoms. The average Bonchev–Trinajstić information content (AvgIpc) is 3.32. The number of rotatable bonds is 3. The number of amides is 1. The summed E-state index contributed by atoms with van der Waals surface area (Å²) in [4.78, 5) is 21.8. The molecule has 25 heavy (non-hydrogen) atoms. The zero-order valence-corrected chi connectivity index (χ0v) is 14.5. The molecular weight excluding hydrogens is 316 g/mol. The summed E-state index contributed by atoms with van der Waals surface area (Å²) in [5, 5.41) is 0. The maximum Gasteiger partial charge on any atom is 0.255 e. The highest BCUT2D eigenvalue weighted by atomic mass is 16.5. The normalized spacial score (nSPS) is 24.6. The predicted molar refractivity (Wildman–Crippen MR) is 94.9 cm³/mol. The standard InChI is InChI=1S/C19H24N4O2/c1-15-17(21-10-12-25-13-11-21)6-9-23(15)19(24)16-4-5-18(20-14-16)22-7-2-3-8-22/h2-5,7-8,14-15,17H,6,9-13H2,1H3/t15-,17-/m1/s1. The van der Waals surface area contributed by atoms with Crippen molar-refractivity contribution in [3.63, 3.8) is 0 Å². The Morgan fingerprint density at radius 1 is 1.16 bits per heavy atom. The summed E-state index contributed by atoms with van der Waals surface area (Å²) in [7, 11) is 0. The van der Waals surface area contributed by atoms with Crippen LogP contribution in [0.15, 0.2) is 42.9 Å². The number of hydrogen-bond acceptors (Lipinski definition) is 4. The van der Waals surface area contributed by atoms with E-state index < -0.39 is 0 Å². The molecule has 2 saturated heterocycles. The molecule has 2 aromatic rings. The molecule has 2 aliphatic rings. The fourth-order valence-electron chi connectivity index (χ4n) is 3.93. The van der Waals surface area contributed by atoms with E-state index in [1.54, 1.807) is 6.20 Å². The molecule has 6 heteroatoms. The van der Waals surface area contributed by atoms with E-state index in [1.807, 2.05) is 46.1 Å². The molecule has 0 radical (unpaired) electrons. The Kier molecular flexibility index (Phi) is 4.55. The highest BCUT2D eigenvalue weighted by molar-refractivity contribution is 5.94. The minimum Gasteiger partial charge on any atom is -0.379 e.